The van der Waals surface area contributed by atoms with Gasteiger partial charge in [-0.05, 0) is 187 Å². The lowest BCUT2D eigenvalue weighted by atomic mass is 9.42. The minimum absolute atomic E-state index is 0.0318. The summed E-state index contributed by atoms with van der Waals surface area (Å²) in [6, 6.07) is 48.4. The van der Waals surface area contributed by atoms with E-state index in [-0.39, 0.29) is 39.3 Å². The zero-order valence-electron chi connectivity index (χ0n) is 44.7. The molecule has 13 rings (SSSR count). The van der Waals surface area contributed by atoms with Crippen LogP contribution in [0.3, 0.4) is 0 Å². The van der Waals surface area contributed by atoms with Crippen LogP contribution in [0.25, 0.3) is 42.4 Å². The highest BCUT2D eigenvalue weighted by Gasteiger charge is 2.50. The number of fused-ring (bicyclic) bond motifs is 11. The Balaban J connectivity index is 1.21. The molecule has 0 amide bonds. The second-order valence-corrected chi connectivity index (χ2v) is 27.6. The maximum atomic E-state index is 2.81. The van der Waals surface area contributed by atoms with E-state index >= 15 is 0 Å². The van der Waals surface area contributed by atoms with Gasteiger partial charge < -0.3 is 9.71 Å². The predicted molar refractivity (Wildman–Crippen MR) is 309 cm³/mol. The highest BCUT2D eigenvalue weighted by Crippen LogP contribution is 2.58. The van der Waals surface area contributed by atoms with Crippen LogP contribution in [0.4, 0.5) is 28.4 Å². The van der Waals surface area contributed by atoms with Gasteiger partial charge in [0.1, 0.15) is 0 Å². The predicted octanol–water partition coefficient (Wildman–Crippen LogP) is 17.8. The fourth-order valence-corrected chi connectivity index (χ4v) is 15.5. The van der Waals surface area contributed by atoms with Crippen LogP contribution in [-0.4, -0.2) is 6.85 Å². The molecule has 4 heteroatoms. The van der Waals surface area contributed by atoms with Crippen molar-refractivity contribution in [2.45, 2.75) is 161 Å². The first-order chi connectivity index (χ1) is 33.6. The molecule has 0 fully saturated rings. The summed E-state index contributed by atoms with van der Waals surface area (Å²) in [6.07, 6.45) is 7.07. The molecule has 0 saturated carbocycles. The van der Waals surface area contributed by atoms with E-state index in [2.05, 4.69) is 221 Å². The third-order valence-corrected chi connectivity index (χ3v) is 20.4. The number of benzene rings is 7. The fraction of sp³-hybridized carbons (Fsp3) is 0.373. The van der Waals surface area contributed by atoms with Crippen molar-refractivity contribution in [3.63, 3.8) is 0 Å². The summed E-state index contributed by atoms with van der Waals surface area (Å²) < 4.78 is 2.77. The number of aryl methyl sites for hydroxylation is 1. The molecule has 0 atom stereocenters. The first kappa shape index (κ1) is 45.3. The molecule has 0 spiro atoms. The van der Waals surface area contributed by atoms with Crippen molar-refractivity contribution in [3.05, 3.63) is 160 Å². The summed E-state index contributed by atoms with van der Waals surface area (Å²) >= 11 is 2.00. The molecule has 3 heterocycles. The SMILES string of the molecule is Cc1cc2c(cc1N1c3cc4c(cc3B3c5c1cc1c(sc6ccccc61)c5-c1cc5c(cc1N3c1ccc(-c3ccccc3)cc1)C(C)(C)CCC5(C)C)C(C)(C)CCC4(C)C)C(C)(C)CCC2(C)C. The quantitative estimate of drug-likeness (QED) is 0.163. The average molecular weight is 947 g/mol. The summed E-state index contributed by atoms with van der Waals surface area (Å²) in [6.45, 7) is 32.3. The Bertz CT molecular complexity index is 3560. The summed E-state index contributed by atoms with van der Waals surface area (Å²) in [5.41, 5.74) is 25.5. The van der Waals surface area contributed by atoms with Gasteiger partial charge in [-0.25, -0.2) is 0 Å². The number of nitrogens with zero attached hydrogens (tertiary/aromatic N) is 2. The average Bonchev–Trinajstić information content (AvgIpc) is 3.71. The normalized spacial score (nSPS) is 20.2. The monoisotopic (exact) mass is 947 g/mol. The van der Waals surface area contributed by atoms with E-state index < -0.39 is 0 Å². The minimum atomic E-state index is -0.0758. The third-order valence-electron chi connectivity index (χ3n) is 19.2. The van der Waals surface area contributed by atoms with Crippen LogP contribution in [-0.2, 0) is 32.5 Å². The van der Waals surface area contributed by atoms with Crippen molar-refractivity contribution < 1.29 is 0 Å². The Morgan fingerprint density at radius 3 is 1.51 bits per heavy atom. The Morgan fingerprint density at radius 2 is 0.915 bits per heavy atom. The van der Waals surface area contributed by atoms with E-state index in [1.54, 1.807) is 0 Å². The number of thiophene rings is 1. The molecule has 5 aliphatic rings. The van der Waals surface area contributed by atoms with E-state index in [1.165, 1.54) is 159 Å². The molecule has 7 aromatic carbocycles. The van der Waals surface area contributed by atoms with Crippen molar-refractivity contribution in [1.82, 2.24) is 0 Å². The van der Waals surface area contributed by atoms with Crippen molar-refractivity contribution in [2.24, 2.45) is 0 Å². The van der Waals surface area contributed by atoms with Crippen molar-refractivity contribution in [1.29, 1.82) is 0 Å². The van der Waals surface area contributed by atoms with Gasteiger partial charge in [0, 0.05) is 59.7 Å². The number of rotatable bonds is 3. The zero-order chi connectivity index (χ0) is 49.5. The first-order valence-electron chi connectivity index (χ1n) is 26.8. The summed E-state index contributed by atoms with van der Waals surface area (Å²) in [5.74, 6) is 0. The van der Waals surface area contributed by atoms with Crippen LogP contribution in [0, 0.1) is 6.92 Å². The Hall–Kier alpha value is -5.58. The molecule has 71 heavy (non-hydrogen) atoms. The lowest BCUT2D eigenvalue weighted by Crippen LogP contribution is -2.62. The molecule has 1 aromatic heterocycles. The number of hydrogen-bond acceptors (Lipinski definition) is 3. The lowest BCUT2D eigenvalue weighted by Gasteiger charge is -2.50. The Morgan fingerprint density at radius 1 is 0.437 bits per heavy atom. The molecule has 2 aliphatic heterocycles. The standard InChI is InChI=1S/C67H71BN2S/c1-40-33-47-50(65(8,9)30-27-62(47,2)3)37-54(40)69-56-39-52-49(64(6,7)29-32-67(52,12)13)36-53(56)68-60-57(69)35-45-44-21-17-18-22-58(44)71-61(45)59(60)46-34-48-51(66(10,11)31-28-63(48,4)5)38-55(46)70(68)43-25-23-42(24-26-43)41-19-15-14-16-20-41/h14-26,33-39H,27-32H2,1-13H3. The zero-order valence-corrected chi connectivity index (χ0v) is 45.5. The van der Waals surface area contributed by atoms with Crippen LogP contribution < -0.4 is 20.6 Å². The highest BCUT2D eigenvalue weighted by molar-refractivity contribution is 7.26. The molecule has 3 aliphatic carbocycles. The van der Waals surface area contributed by atoms with E-state index in [0.29, 0.717) is 0 Å². The Kier molecular flexibility index (Phi) is 9.43. The smallest absolute Gasteiger partial charge is 0.333 e. The second-order valence-electron chi connectivity index (χ2n) is 26.5. The van der Waals surface area contributed by atoms with Gasteiger partial charge in [-0.15, -0.1) is 11.3 Å². The molecule has 358 valence electrons. The van der Waals surface area contributed by atoms with E-state index in [1.807, 2.05) is 11.3 Å². The van der Waals surface area contributed by atoms with E-state index in [0.717, 1.165) is 0 Å². The van der Waals surface area contributed by atoms with Gasteiger partial charge in [-0.2, -0.15) is 0 Å². The minimum Gasteiger partial charge on any atom is -0.376 e. The van der Waals surface area contributed by atoms with E-state index in [9.17, 15) is 0 Å². The number of anilines is 5. The second kappa shape index (κ2) is 14.8. The van der Waals surface area contributed by atoms with Crippen LogP contribution in [0.1, 0.15) is 161 Å². The molecule has 2 nitrogen and oxygen atoms in total. The molecule has 0 bridgehead atoms. The largest absolute Gasteiger partial charge is 0.376 e. The Labute approximate surface area is 428 Å². The van der Waals surface area contributed by atoms with Gasteiger partial charge in [-0.1, -0.05) is 156 Å². The summed E-state index contributed by atoms with van der Waals surface area (Å²) in [4.78, 5) is 5.59. The van der Waals surface area contributed by atoms with Gasteiger partial charge in [0.15, 0.2) is 0 Å². The highest BCUT2D eigenvalue weighted by atomic mass is 32.1. The molecule has 0 saturated heterocycles. The molecular formula is C67H71BN2S. The van der Waals surface area contributed by atoms with E-state index in [4.69, 9.17) is 0 Å². The number of hydrogen-bond donors (Lipinski definition) is 0. The molecule has 0 N–H and O–H groups in total. The van der Waals surface area contributed by atoms with Crippen molar-refractivity contribution >= 4 is 77.7 Å². The summed E-state index contributed by atoms with van der Waals surface area (Å²) in [5, 5.41) is 2.72. The van der Waals surface area contributed by atoms with Crippen LogP contribution >= 0.6 is 11.3 Å². The van der Waals surface area contributed by atoms with Gasteiger partial charge >= 0.3 is 6.85 Å². The van der Waals surface area contributed by atoms with Crippen LogP contribution in [0.15, 0.2) is 121 Å². The molecule has 0 unspecified atom stereocenters. The van der Waals surface area contributed by atoms with Gasteiger partial charge in [-0.3, -0.25) is 0 Å². The molecular weight excluding hydrogens is 876 g/mol. The summed E-state index contributed by atoms with van der Waals surface area (Å²) in [7, 11) is 0. The first-order valence-corrected chi connectivity index (χ1v) is 27.7. The maximum absolute atomic E-state index is 2.81. The molecule has 0 radical (unpaired) electrons. The van der Waals surface area contributed by atoms with Gasteiger partial charge in [0.2, 0.25) is 0 Å². The van der Waals surface area contributed by atoms with Crippen molar-refractivity contribution in [2.75, 3.05) is 9.71 Å². The lowest BCUT2D eigenvalue weighted by molar-refractivity contribution is 0.331. The van der Waals surface area contributed by atoms with Gasteiger partial charge in [0.05, 0.1) is 0 Å². The van der Waals surface area contributed by atoms with Crippen LogP contribution in [0.5, 0.6) is 0 Å². The fourth-order valence-electron chi connectivity index (χ4n) is 14.3. The molecule has 8 aromatic rings. The topological polar surface area (TPSA) is 6.48 Å². The van der Waals surface area contributed by atoms with Crippen LogP contribution in [0.2, 0.25) is 0 Å². The van der Waals surface area contributed by atoms with Gasteiger partial charge in [0.25, 0.3) is 0 Å². The third kappa shape index (κ3) is 6.51. The van der Waals surface area contributed by atoms with Crippen molar-refractivity contribution in [3.8, 4) is 22.3 Å². The maximum Gasteiger partial charge on any atom is 0.333 e.